The van der Waals surface area contributed by atoms with E-state index < -0.39 is 11.8 Å². The van der Waals surface area contributed by atoms with Crippen LogP contribution in [0.25, 0.3) is 10.9 Å². The number of anilines is 1. The SMILES string of the molecule is CCOC(=O)c1cc2cc(F)cc(NOc3cccs3)c2[nH]1. The molecule has 7 heteroatoms. The number of aromatic nitrogens is 1. The van der Waals surface area contributed by atoms with Gasteiger partial charge in [-0.25, -0.2) is 14.7 Å². The molecule has 5 nitrogen and oxygen atoms in total. The molecule has 22 heavy (non-hydrogen) atoms. The number of benzene rings is 1. The van der Waals surface area contributed by atoms with Crippen molar-refractivity contribution >= 4 is 33.9 Å². The van der Waals surface area contributed by atoms with Crippen molar-refractivity contribution in [1.29, 1.82) is 0 Å². The highest BCUT2D eigenvalue weighted by Crippen LogP contribution is 2.27. The summed E-state index contributed by atoms with van der Waals surface area (Å²) in [6.45, 7) is 2.00. The van der Waals surface area contributed by atoms with Gasteiger partial charge in [0.05, 0.1) is 17.8 Å². The van der Waals surface area contributed by atoms with Gasteiger partial charge in [0.15, 0.2) is 0 Å². The first kappa shape index (κ1) is 14.4. The van der Waals surface area contributed by atoms with Gasteiger partial charge in [-0.05, 0) is 36.6 Å². The predicted molar refractivity (Wildman–Crippen MR) is 82.8 cm³/mol. The summed E-state index contributed by atoms with van der Waals surface area (Å²) in [4.78, 5) is 20.1. The van der Waals surface area contributed by atoms with Gasteiger partial charge >= 0.3 is 5.97 Å². The molecule has 3 rings (SSSR count). The van der Waals surface area contributed by atoms with E-state index in [0.29, 0.717) is 21.7 Å². The molecule has 0 atom stereocenters. The molecule has 0 aliphatic rings. The molecule has 1 aromatic carbocycles. The minimum atomic E-state index is -0.482. The summed E-state index contributed by atoms with van der Waals surface area (Å²) in [7, 11) is 0. The molecule has 0 radical (unpaired) electrons. The molecule has 2 heterocycles. The topological polar surface area (TPSA) is 63.4 Å². The van der Waals surface area contributed by atoms with Gasteiger partial charge in [-0.1, -0.05) is 0 Å². The molecular weight excluding hydrogens is 307 g/mol. The molecule has 0 spiro atoms. The van der Waals surface area contributed by atoms with Crippen molar-refractivity contribution in [3.63, 3.8) is 0 Å². The smallest absolute Gasteiger partial charge is 0.354 e. The van der Waals surface area contributed by atoms with Crippen LogP contribution in [-0.2, 0) is 4.74 Å². The van der Waals surface area contributed by atoms with Crippen LogP contribution in [-0.4, -0.2) is 17.6 Å². The highest BCUT2D eigenvalue weighted by atomic mass is 32.1. The first-order valence-electron chi connectivity index (χ1n) is 6.63. The molecule has 0 fully saturated rings. The Morgan fingerprint density at radius 3 is 3.00 bits per heavy atom. The Bertz CT molecular complexity index is 799. The number of rotatable bonds is 5. The normalized spacial score (nSPS) is 10.6. The molecule has 0 aliphatic heterocycles. The number of halogens is 1. The van der Waals surface area contributed by atoms with Gasteiger partial charge < -0.3 is 14.6 Å². The highest BCUT2D eigenvalue weighted by Gasteiger charge is 2.14. The first-order valence-corrected chi connectivity index (χ1v) is 7.51. The quantitative estimate of drug-likeness (QED) is 0.552. The third-order valence-electron chi connectivity index (χ3n) is 2.95. The van der Waals surface area contributed by atoms with Gasteiger partial charge in [-0.3, -0.25) is 0 Å². The van der Waals surface area contributed by atoms with E-state index in [1.807, 2.05) is 11.4 Å². The van der Waals surface area contributed by atoms with Crippen molar-refractivity contribution in [1.82, 2.24) is 4.98 Å². The maximum Gasteiger partial charge on any atom is 0.354 e. The third-order valence-corrected chi connectivity index (χ3v) is 3.69. The van der Waals surface area contributed by atoms with E-state index in [1.165, 1.54) is 23.5 Å². The van der Waals surface area contributed by atoms with E-state index in [9.17, 15) is 9.18 Å². The molecule has 2 N–H and O–H groups in total. The highest BCUT2D eigenvalue weighted by molar-refractivity contribution is 7.11. The fourth-order valence-corrected chi connectivity index (χ4v) is 2.57. The van der Waals surface area contributed by atoms with Crippen molar-refractivity contribution in [2.45, 2.75) is 6.92 Å². The van der Waals surface area contributed by atoms with Gasteiger partial charge in [-0.2, -0.15) is 0 Å². The maximum atomic E-state index is 13.7. The number of hydrogen-bond acceptors (Lipinski definition) is 5. The number of hydrogen-bond donors (Lipinski definition) is 2. The van der Waals surface area contributed by atoms with Crippen LogP contribution in [0.3, 0.4) is 0 Å². The number of carbonyl (C=O) groups is 1. The lowest BCUT2D eigenvalue weighted by Gasteiger charge is -2.07. The average Bonchev–Trinajstić information content (AvgIpc) is 3.13. The summed E-state index contributed by atoms with van der Waals surface area (Å²) >= 11 is 1.41. The Labute approximate surface area is 129 Å². The Morgan fingerprint density at radius 1 is 1.41 bits per heavy atom. The van der Waals surface area contributed by atoms with Gasteiger partial charge in [-0.15, -0.1) is 11.3 Å². The number of H-pyrrole nitrogens is 1. The zero-order chi connectivity index (χ0) is 15.5. The molecule has 0 unspecified atom stereocenters. The number of carbonyl (C=O) groups excluding carboxylic acids is 1. The van der Waals surface area contributed by atoms with Crippen LogP contribution in [0.1, 0.15) is 17.4 Å². The van der Waals surface area contributed by atoms with Gasteiger partial charge in [0.2, 0.25) is 5.06 Å². The predicted octanol–water partition coefficient (Wildman–Crippen LogP) is 3.95. The molecular formula is C15H13FN2O3S. The number of aromatic amines is 1. The first-order chi connectivity index (χ1) is 10.7. The zero-order valence-electron chi connectivity index (χ0n) is 11.7. The fourth-order valence-electron chi connectivity index (χ4n) is 2.03. The molecule has 3 aromatic rings. The van der Waals surface area contributed by atoms with Crippen LogP contribution in [0.4, 0.5) is 10.1 Å². The Hall–Kier alpha value is -2.54. The number of thiophene rings is 1. The lowest BCUT2D eigenvalue weighted by atomic mass is 10.2. The second-order valence-corrected chi connectivity index (χ2v) is 5.37. The molecule has 114 valence electrons. The maximum absolute atomic E-state index is 13.7. The van der Waals surface area contributed by atoms with Crippen LogP contribution in [0.2, 0.25) is 0 Å². The van der Waals surface area contributed by atoms with Crippen LogP contribution >= 0.6 is 11.3 Å². The molecule has 0 amide bonds. The van der Waals surface area contributed by atoms with Crippen LogP contribution in [0.15, 0.2) is 35.7 Å². The number of esters is 1. The molecule has 0 bridgehead atoms. The second-order valence-electron chi connectivity index (χ2n) is 4.46. The van der Waals surface area contributed by atoms with E-state index in [-0.39, 0.29) is 12.3 Å². The van der Waals surface area contributed by atoms with E-state index in [2.05, 4.69) is 10.5 Å². The summed E-state index contributed by atoms with van der Waals surface area (Å²) in [5, 5.41) is 3.07. The van der Waals surface area contributed by atoms with Gasteiger partial charge in [0, 0.05) is 11.5 Å². The van der Waals surface area contributed by atoms with Crippen molar-refractivity contribution in [3.8, 4) is 5.06 Å². The van der Waals surface area contributed by atoms with Crippen molar-refractivity contribution < 1.29 is 18.8 Å². The van der Waals surface area contributed by atoms with Crippen LogP contribution < -0.4 is 10.3 Å². The molecule has 0 saturated carbocycles. The fraction of sp³-hybridized carbons (Fsp3) is 0.133. The summed E-state index contributed by atoms with van der Waals surface area (Å²) in [5.41, 5.74) is 3.94. The van der Waals surface area contributed by atoms with Crippen molar-refractivity contribution in [2.24, 2.45) is 0 Å². The van der Waals surface area contributed by atoms with E-state index in [0.717, 1.165) is 0 Å². The number of nitrogens with one attached hydrogen (secondary N) is 2. The van der Waals surface area contributed by atoms with Crippen LogP contribution in [0, 0.1) is 5.82 Å². The summed E-state index contributed by atoms with van der Waals surface area (Å²) < 4.78 is 18.6. The third kappa shape index (κ3) is 2.89. The van der Waals surface area contributed by atoms with E-state index in [1.54, 1.807) is 19.1 Å². The standard InChI is InChI=1S/C15H13FN2O3S/c1-2-20-15(19)12-7-9-6-10(16)8-11(14(9)17-12)18-21-13-4-3-5-22-13/h3-8,17-18H,2H2,1H3. The minimum absolute atomic E-state index is 0.265. The van der Waals surface area contributed by atoms with E-state index >= 15 is 0 Å². The van der Waals surface area contributed by atoms with Crippen molar-refractivity contribution in [3.05, 3.63) is 47.2 Å². The summed E-state index contributed by atoms with van der Waals surface area (Å²) in [6.07, 6.45) is 0. The van der Waals surface area contributed by atoms with Crippen LogP contribution in [0.5, 0.6) is 5.06 Å². The Morgan fingerprint density at radius 2 is 2.27 bits per heavy atom. The van der Waals surface area contributed by atoms with Gasteiger partial charge in [0.1, 0.15) is 11.5 Å². The average molecular weight is 320 g/mol. The minimum Gasteiger partial charge on any atom is -0.461 e. The lowest BCUT2D eigenvalue weighted by Crippen LogP contribution is -2.05. The summed E-state index contributed by atoms with van der Waals surface area (Å²) in [5.74, 6) is -0.913. The Kier molecular flexibility index (Phi) is 3.97. The molecule has 0 aliphatic carbocycles. The van der Waals surface area contributed by atoms with Gasteiger partial charge in [0.25, 0.3) is 0 Å². The molecule has 0 saturated heterocycles. The molecule has 2 aromatic heterocycles. The second kappa shape index (κ2) is 6.07. The number of ether oxygens (including phenoxy) is 1. The lowest BCUT2D eigenvalue weighted by molar-refractivity contribution is 0.0520. The number of fused-ring (bicyclic) bond motifs is 1. The van der Waals surface area contributed by atoms with Crippen molar-refractivity contribution in [2.75, 3.05) is 12.1 Å². The van der Waals surface area contributed by atoms with E-state index in [4.69, 9.17) is 9.57 Å². The largest absolute Gasteiger partial charge is 0.461 e. The summed E-state index contributed by atoms with van der Waals surface area (Å²) in [6, 6.07) is 7.81. The Balaban J connectivity index is 1.92. The zero-order valence-corrected chi connectivity index (χ0v) is 12.5. The monoisotopic (exact) mass is 320 g/mol.